The first kappa shape index (κ1) is 13.3. The van der Waals surface area contributed by atoms with Crippen LogP contribution in [0, 0.1) is 11.8 Å². The van der Waals surface area contributed by atoms with E-state index in [9.17, 15) is 9.59 Å². The van der Waals surface area contributed by atoms with Crippen LogP contribution in [0.1, 0.15) is 39.5 Å². The van der Waals surface area contributed by atoms with Gasteiger partial charge in [0.15, 0.2) is 0 Å². The van der Waals surface area contributed by atoms with Gasteiger partial charge in [0.1, 0.15) is 0 Å². The molecule has 0 spiro atoms. The van der Waals surface area contributed by atoms with E-state index in [1.165, 1.54) is 12.8 Å². The standard InChI is InChI=1S/C13H22N2O3/c1-13(2,6-10(16)17)15-12(18)11-9-5-3-4-8(9)7-14-11/h8-9,11,14H,3-7H2,1-2H3,(H,15,18)(H,16,17). The van der Waals surface area contributed by atoms with E-state index in [0.29, 0.717) is 11.8 Å². The number of aliphatic carboxylic acids is 1. The second kappa shape index (κ2) is 4.88. The summed E-state index contributed by atoms with van der Waals surface area (Å²) in [6.45, 7) is 4.42. The largest absolute Gasteiger partial charge is 0.481 e. The topological polar surface area (TPSA) is 78.4 Å². The Bertz CT molecular complexity index is 354. The monoisotopic (exact) mass is 254 g/mol. The third-order valence-electron chi connectivity index (χ3n) is 4.08. The molecule has 1 saturated carbocycles. The third kappa shape index (κ3) is 2.83. The fourth-order valence-corrected chi connectivity index (χ4v) is 3.31. The molecule has 18 heavy (non-hydrogen) atoms. The van der Waals surface area contributed by atoms with Crippen molar-refractivity contribution in [2.24, 2.45) is 11.8 Å². The van der Waals surface area contributed by atoms with Crippen molar-refractivity contribution in [3.63, 3.8) is 0 Å². The van der Waals surface area contributed by atoms with E-state index in [2.05, 4.69) is 10.6 Å². The number of hydrogen-bond acceptors (Lipinski definition) is 3. The lowest BCUT2D eigenvalue weighted by atomic mass is 9.92. The Morgan fingerprint density at radius 2 is 2.11 bits per heavy atom. The van der Waals surface area contributed by atoms with Crippen LogP contribution in [0.15, 0.2) is 0 Å². The lowest BCUT2D eigenvalue weighted by molar-refractivity contribution is -0.138. The minimum absolute atomic E-state index is 0.0457. The molecule has 0 aromatic carbocycles. The fraction of sp³-hybridized carbons (Fsp3) is 0.846. The molecule has 5 nitrogen and oxygen atoms in total. The first-order valence-corrected chi connectivity index (χ1v) is 6.66. The van der Waals surface area contributed by atoms with Crippen molar-refractivity contribution in [1.82, 2.24) is 10.6 Å². The number of rotatable bonds is 4. The number of carbonyl (C=O) groups is 2. The molecule has 3 unspecified atom stereocenters. The summed E-state index contributed by atoms with van der Waals surface area (Å²) in [7, 11) is 0. The summed E-state index contributed by atoms with van der Waals surface area (Å²) >= 11 is 0. The molecule has 2 fully saturated rings. The zero-order valence-electron chi connectivity index (χ0n) is 11.0. The Morgan fingerprint density at radius 3 is 2.78 bits per heavy atom. The Kier molecular flexibility index (Phi) is 3.61. The van der Waals surface area contributed by atoms with Gasteiger partial charge >= 0.3 is 5.97 Å². The zero-order chi connectivity index (χ0) is 13.3. The van der Waals surface area contributed by atoms with Gasteiger partial charge in [-0.2, -0.15) is 0 Å². The predicted molar refractivity (Wildman–Crippen MR) is 67.1 cm³/mol. The summed E-state index contributed by atoms with van der Waals surface area (Å²) in [5.41, 5.74) is -0.693. The molecule has 0 aromatic heterocycles. The highest BCUT2D eigenvalue weighted by atomic mass is 16.4. The lowest BCUT2D eigenvalue weighted by Crippen LogP contribution is -2.52. The van der Waals surface area contributed by atoms with Crippen LogP contribution in [-0.2, 0) is 9.59 Å². The highest BCUT2D eigenvalue weighted by Crippen LogP contribution is 2.37. The summed E-state index contributed by atoms with van der Waals surface area (Å²) in [4.78, 5) is 23.0. The average molecular weight is 254 g/mol. The first-order valence-electron chi connectivity index (χ1n) is 6.66. The highest BCUT2D eigenvalue weighted by Gasteiger charge is 2.43. The molecule has 1 saturated heterocycles. The summed E-state index contributed by atoms with van der Waals surface area (Å²) in [5.74, 6) is 0.128. The van der Waals surface area contributed by atoms with Crippen molar-refractivity contribution >= 4 is 11.9 Å². The smallest absolute Gasteiger partial charge is 0.305 e. The molecule has 1 aliphatic carbocycles. The Hall–Kier alpha value is -1.10. The molecule has 1 amide bonds. The molecule has 0 radical (unpaired) electrons. The maximum Gasteiger partial charge on any atom is 0.305 e. The number of hydrogen-bond donors (Lipinski definition) is 3. The first-order chi connectivity index (χ1) is 8.39. The lowest BCUT2D eigenvalue weighted by Gasteiger charge is -2.27. The van der Waals surface area contributed by atoms with Crippen LogP contribution < -0.4 is 10.6 Å². The fourth-order valence-electron chi connectivity index (χ4n) is 3.31. The molecule has 5 heteroatoms. The van der Waals surface area contributed by atoms with Crippen molar-refractivity contribution in [2.45, 2.75) is 51.1 Å². The Balaban J connectivity index is 1.93. The van der Waals surface area contributed by atoms with E-state index < -0.39 is 11.5 Å². The van der Waals surface area contributed by atoms with E-state index >= 15 is 0 Å². The number of carboxylic acids is 1. The van der Waals surface area contributed by atoms with Gasteiger partial charge in [-0.3, -0.25) is 9.59 Å². The molecular weight excluding hydrogens is 232 g/mol. The van der Waals surface area contributed by atoms with E-state index in [4.69, 9.17) is 5.11 Å². The molecule has 3 N–H and O–H groups in total. The molecule has 102 valence electrons. The van der Waals surface area contributed by atoms with Crippen molar-refractivity contribution in [3.8, 4) is 0 Å². The molecular formula is C13H22N2O3. The van der Waals surface area contributed by atoms with Crippen LogP contribution in [0.4, 0.5) is 0 Å². The second-order valence-electron chi connectivity index (χ2n) is 6.18. The molecule has 1 aliphatic heterocycles. The van der Waals surface area contributed by atoms with Crippen molar-refractivity contribution < 1.29 is 14.7 Å². The maximum atomic E-state index is 12.2. The molecule has 2 aliphatic rings. The molecule has 0 bridgehead atoms. The molecule has 0 aromatic rings. The van der Waals surface area contributed by atoms with Crippen LogP contribution in [0.5, 0.6) is 0 Å². The van der Waals surface area contributed by atoms with E-state index in [1.807, 2.05) is 0 Å². The highest BCUT2D eigenvalue weighted by molar-refractivity contribution is 5.84. The van der Waals surface area contributed by atoms with Crippen LogP contribution in [0.2, 0.25) is 0 Å². The summed E-state index contributed by atoms with van der Waals surface area (Å²) in [6, 6.07) is -0.134. The summed E-state index contributed by atoms with van der Waals surface area (Å²) in [5, 5.41) is 14.9. The van der Waals surface area contributed by atoms with Gasteiger partial charge in [0.25, 0.3) is 0 Å². The quantitative estimate of drug-likeness (QED) is 0.691. The Morgan fingerprint density at radius 1 is 1.39 bits per heavy atom. The number of amides is 1. The number of fused-ring (bicyclic) bond motifs is 1. The number of nitrogens with one attached hydrogen (secondary N) is 2. The van der Waals surface area contributed by atoms with Crippen LogP contribution >= 0.6 is 0 Å². The zero-order valence-corrected chi connectivity index (χ0v) is 11.0. The average Bonchev–Trinajstić information content (AvgIpc) is 2.72. The minimum Gasteiger partial charge on any atom is -0.481 e. The summed E-state index contributed by atoms with van der Waals surface area (Å²) in [6.07, 6.45) is 3.47. The van der Waals surface area contributed by atoms with Crippen molar-refractivity contribution in [1.29, 1.82) is 0 Å². The molecule has 1 heterocycles. The van der Waals surface area contributed by atoms with Gasteiger partial charge in [-0.25, -0.2) is 0 Å². The molecule has 2 rings (SSSR count). The van der Waals surface area contributed by atoms with Gasteiger partial charge in [-0.15, -0.1) is 0 Å². The number of carboxylic acid groups (broad SMARTS) is 1. The van der Waals surface area contributed by atoms with Gasteiger partial charge in [0, 0.05) is 5.54 Å². The van der Waals surface area contributed by atoms with Gasteiger partial charge in [0.2, 0.25) is 5.91 Å². The third-order valence-corrected chi connectivity index (χ3v) is 4.08. The normalized spacial score (nSPS) is 31.1. The van der Waals surface area contributed by atoms with E-state index in [1.54, 1.807) is 13.8 Å². The van der Waals surface area contributed by atoms with E-state index in [-0.39, 0.29) is 18.4 Å². The minimum atomic E-state index is -0.890. The van der Waals surface area contributed by atoms with Crippen LogP contribution in [-0.4, -0.2) is 35.1 Å². The van der Waals surface area contributed by atoms with Crippen molar-refractivity contribution in [2.75, 3.05) is 6.54 Å². The van der Waals surface area contributed by atoms with E-state index in [0.717, 1.165) is 13.0 Å². The van der Waals surface area contributed by atoms with Crippen LogP contribution in [0.25, 0.3) is 0 Å². The summed E-state index contributed by atoms with van der Waals surface area (Å²) < 4.78 is 0. The van der Waals surface area contributed by atoms with Gasteiger partial charge in [-0.05, 0) is 45.1 Å². The molecule has 3 atom stereocenters. The van der Waals surface area contributed by atoms with Gasteiger partial charge < -0.3 is 15.7 Å². The van der Waals surface area contributed by atoms with Crippen LogP contribution in [0.3, 0.4) is 0 Å². The second-order valence-corrected chi connectivity index (χ2v) is 6.18. The SMILES string of the molecule is CC(C)(CC(=O)O)NC(=O)C1NCC2CCCC21. The van der Waals surface area contributed by atoms with Crippen molar-refractivity contribution in [3.05, 3.63) is 0 Å². The van der Waals surface area contributed by atoms with Gasteiger partial charge in [-0.1, -0.05) is 6.42 Å². The Labute approximate surface area is 107 Å². The van der Waals surface area contributed by atoms with Gasteiger partial charge in [0.05, 0.1) is 12.5 Å². The maximum absolute atomic E-state index is 12.2. The number of carbonyl (C=O) groups excluding carboxylic acids is 1. The predicted octanol–water partition coefficient (Wildman–Crippen LogP) is 0.744.